The fourth-order valence-corrected chi connectivity index (χ4v) is 11.9. The fraction of sp³-hybridized carbons (Fsp3) is 0.827. The Bertz CT molecular complexity index is 2060. The smallest absolute Gasteiger partial charge is 0.311 e. The van der Waals surface area contributed by atoms with Gasteiger partial charge in [-0.15, -0.1) is 5.10 Å². The van der Waals surface area contributed by atoms with E-state index in [1.165, 1.54) is 25.8 Å². The Balaban J connectivity index is 1.41. The number of likely N-dealkylation sites (N-methyl/N-ethyl adjacent to an activating group) is 2. The molecule has 4 heterocycles. The molecule has 0 radical (unpaired) electrons. The van der Waals surface area contributed by atoms with Crippen molar-refractivity contribution in [3.8, 4) is 0 Å². The van der Waals surface area contributed by atoms with E-state index in [1.807, 2.05) is 39.8 Å². The molecule has 21 heteroatoms. The molecule has 18 nitrogen and oxygen atoms in total. The van der Waals surface area contributed by atoms with Crippen molar-refractivity contribution in [2.24, 2.45) is 17.8 Å². The summed E-state index contributed by atoms with van der Waals surface area (Å²) in [5, 5.41) is 56.1. The predicted molar refractivity (Wildman–Crippen MR) is 269 cm³/mol. The molecule has 1 aromatic carbocycles. The average Bonchev–Trinajstić information content (AvgIpc) is 3.83. The molecular weight excluding hydrogens is 973 g/mol. The number of aliphatic hydroxyl groups excluding tert-OH is 2. The van der Waals surface area contributed by atoms with Crippen LogP contribution in [-0.2, 0) is 55.2 Å². The standard InChI is InChI=1S/C52H87F2N5O13S/c1-15-41-52(10,64)46(60)34(6)58(12)27-30(2)24-50(8,63)48(32(4)44(33(5)49(62)70-41)71-43-25-51(9,67-14)47(61)35(7)69-43)72-42-23-38(22-31(3)68-42)57(11)21-20-37-28-59(56-55-37)40(26-53)45(66-13)36-16-18-39(19-17-36)73(65)29-54/h16-19,28,30-35,38,40-48,60-61,63-64H,15,20-27,29H2,1-14H3/t30-,31-,32+,33-,34-,35+,38+,40-,41-,42+,43+,44+,45-,46-,47+,48-,50-,51-,52-,73?/m1/s1. The molecule has 3 fully saturated rings. The molecule has 20 atom stereocenters. The van der Waals surface area contributed by atoms with Crippen molar-refractivity contribution in [3.05, 3.63) is 41.7 Å². The summed E-state index contributed by atoms with van der Waals surface area (Å²) in [6.07, 6.45) is -5.08. The van der Waals surface area contributed by atoms with Gasteiger partial charge in [-0.3, -0.25) is 9.00 Å². The number of cyclic esters (lactones) is 1. The number of benzene rings is 1. The number of hydrogen-bond donors (Lipinski definition) is 4. The summed E-state index contributed by atoms with van der Waals surface area (Å²) in [5.41, 5.74) is -3.20. The van der Waals surface area contributed by atoms with Gasteiger partial charge in [-0.1, -0.05) is 38.1 Å². The van der Waals surface area contributed by atoms with E-state index in [9.17, 15) is 38.2 Å². The van der Waals surface area contributed by atoms with E-state index in [0.717, 1.165) is 0 Å². The molecule has 3 aliphatic heterocycles. The SMILES string of the molecule is CC[C@H]1OC(=O)[C@H](C)[C@@H](O[C@H]2C[C@@](C)(OC)[C@@H](O)[C@H](C)O2)[C@H](C)[C@@H](O[C@H]2C[C@@H](N(C)CCc3cn([C@H](CF)[C@H](OC)c4ccc(S(=O)CF)cc4)nn3)C[C@@H](C)O2)[C@](C)(O)C[C@@H](C)CN(C)[C@H](C)[C@@H](O)[C@]1(C)O. The van der Waals surface area contributed by atoms with Gasteiger partial charge in [-0.25, -0.2) is 13.5 Å². The predicted octanol–water partition coefficient (Wildman–Crippen LogP) is 5.07. The van der Waals surface area contributed by atoms with Crippen LogP contribution in [0.2, 0.25) is 0 Å². The van der Waals surface area contributed by atoms with Crippen LogP contribution < -0.4 is 0 Å². The zero-order valence-corrected chi connectivity index (χ0v) is 46.4. The number of carbonyl (C=O) groups is 1. The Morgan fingerprint density at radius 3 is 2.23 bits per heavy atom. The van der Waals surface area contributed by atoms with Crippen LogP contribution in [0.5, 0.6) is 0 Å². The van der Waals surface area contributed by atoms with Gasteiger partial charge >= 0.3 is 5.97 Å². The number of aliphatic hydroxyl groups is 4. The van der Waals surface area contributed by atoms with Crippen LogP contribution in [-0.4, -0.2) is 194 Å². The number of nitrogens with zero attached hydrogens (tertiary/aromatic N) is 5. The quantitative estimate of drug-likeness (QED) is 0.152. The molecule has 1 aromatic heterocycles. The molecule has 2 aromatic rings. The van der Waals surface area contributed by atoms with Crippen molar-refractivity contribution >= 4 is 16.8 Å². The van der Waals surface area contributed by atoms with Crippen molar-refractivity contribution in [1.82, 2.24) is 24.8 Å². The molecule has 3 aliphatic rings. The Hall–Kier alpha value is -2.64. The molecule has 5 rings (SSSR count). The van der Waals surface area contributed by atoms with Crippen LogP contribution in [0, 0.1) is 17.8 Å². The largest absolute Gasteiger partial charge is 0.459 e. The van der Waals surface area contributed by atoms with Crippen LogP contribution in [0.4, 0.5) is 8.78 Å². The molecule has 73 heavy (non-hydrogen) atoms. The van der Waals surface area contributed by atoms with Gasteiger partial charge in [0, 0.05) is 75.7 Å². The van der Waals surface area contributed by atoms with Crippen molar-refractivity contribution in [2.45, 2.75) is 209 Å². The number of alkyl halides is 2. The topological polar surface area (TPSA) is 217 Å². The van der Waals surface area contributed by atoms with E-state index in [1.54, 1.807) is 72.0 Å². The van der Waals surface area contributed by atoms with E-state index in [4.69, 9.17) is 33.2 Å². The second kappa shape index (κ2) is 26.1. The highest BCUT2D eigenvalue weighted by atomic mass is 32.2. The Kier molecular flexibility index (Phi) is 21.9. The molecule has 0 bridgehead atoms. The summed E-state index contributed by atoms with van der Waals surface area (Å²) in [5.74, 6) is -2.63. The molecule has 0 spiro atoms. The minimum absolute atomic E-state index is 0.0482. The lowest BCUT2D eigenvalue weighted by molar-refractivity contribution is -0.308. The normalized spacial score (nSPS) is 39.1. The van der Waals surface area contributed by atoms with E-state index < -0.39 is 125 Å². The third-order valence-corrected chi connectivity index (χ3v) is 17.0. The minimum Gasteiger partial charge on any atom is -0.459 e. The summed E-state index contributed by atoms with van der Waals surface area (Å²) >= 11 is 0. The summed E-state index contributed by atoms with van der Waals surface area (Å²) in [7, 11) is 5.04. The van der Waals surface area contributed by atoms with Gasteiger partial charge in [0.1, 0.15) is 42.7 Å². The molecule has 0 amide bonds. The second-order valence-corrected chi connectivity index (χ2v) is 23.3. The van der Waals surface area contributed by atoms with Crippen molar-refractivity contribution in [2.75, 3.05) is 54.1 Å². The maximum Gasteiger partial charge on any atom is 0.311 e. The monoisotopic (exact) mass is 1060 g/mol. The van der Waals surface area contributed by atoms with E-state index >= 15 is 0 Å². The minimum atomic E-state index is -1.83. The van der Waals surface area contributed by atoms with Crippen molar-refractivity contribution in [3.63, 3.8) is 0 Å². The number of rotatable bonds is 17. The van der Waals surface area contributed by atoms with E-state index in [2.05, 4.69) is 15.2 Å². The zero-order chi connectivity index (χ0) is 54.3. The van der Waals surface area contributed by atoms with Gasteiger partial charge in [0.25, 0.3) is 0 Å². The van der Waals surface area contributed by atoms with E-state index in [0.29, 0.717) is 48.5 Å². The average molecular weight is 1060 g/mol. The molecule has 3 saturated heterocycles. The van der Waals surface area contributed by atoms with Gasteiger partial charge in [0.2, 0.25) is 0 Å². The highest BCUT2D eigenvalue weighted by Gasteiger charge is 2.52. The van der Waals surface area contributed by atoms with Crippen molar-refractivity contribution in [1.29, 1.82) is 0 Å². The van der Waals surface area contributed by atoms with Gasteiger partial charge in [0.05, 0.1) is 58.0 Å². The molecular formula is C52H87F2N5O13S. The number of aromatic nitrogens is 3. The lowest BCUT2D eigenvalue weighted by Gasteiger charge is -2.48. The van der Waals surface area contributed by atoms with Gasteiger partial charge in [-0.05, 0) is 105 Å². The Labute approximate surface area is 434 Å². The number of ether oxygens (including phenoxy) is 7. The van der Waals surface area contributed by atoms with Gasteiger partial charge in [-0.2, -0.15) is 0 Å². The Morgan fingerprint density at radius 2 is 1.63 bits per heavy atom. The Morgan fingerprint density at radius 1 is 0.959 bits per heavy atom. The van der Waals surface area contributed by atoms with Crippen molar-refractivity contribution < 1.29 is 71.4 Å². The van der Waals surface area contributed by atoms with Gasteiger partial charge < -0.3 is 63.4 Å². The second-order valence-electron chi connectivity index (χ2n) is 21.9. The third kappa shape index (κ3) is 14.7. The first-order valence-electron chi connectivity index (χ1n) is 25.9. The molecule has 0 saturated carbocycles. The van der Waals surface area contributed by atoms with Crippen LogP contribution in [0.15, 0.2) is 35.4 Å². The lowest BCUT2D eigenvalue weighted by atomic mass is 9.77. The molecule has 418 valence electrons. The maximum atomic E-state index is 14.7. The first-order chi connectivity index (χ1) is 34.2. The number of methoxy groups -OCH3 is 2. The number of esters is 1. The number of halogens is 2. The van der Waals surface area contributed by atoms with Gasteiger partial charge in [0.15, 0.2) is 18.6 Å². The summed E-state index contributed by atoms with van der Waals surface area (Å²) in [4.78, 5) is 18.9. The van der Waals surface area contributed by atoms with Crippen LogP contribution in [0.25, 0.3) is 0 Å². The van der Waals surface area contributed by atoms with E-state index in [-0.39, 0.29) is 37.3 Å². The maximum absolute atomic E-state index is 14.7. The number of hydrogen-bond acceptors (Lipinski definition) is 17. The third-order valence-electron chi connectivity index (χ3n) is 16.0. The fourth-order valence-electron chi connectivity index (χ4n) is 11.4. The number of carbonyl (C=O) groups excluding carboxylic acids is 1. The zero-order valence-electron chi connectivity index (χ0n) is 45.6. The first-order valence-corrected chi connectivity index (χ1v) is 27.2. The molecule has 1 unspecified atom stereocenters. The van der Waals surface area contributed by atoms with Crippen LogP contribution in [0.3, 0.4) is 0 Å². The molecule has 4 N–H and O–H groups in total. The van der Waals surface area contributed by atoms with Crippen LogP contribution in [0.1, 0.15) is 125 Å². The highest BCUT2D eigenvalue weighted by molar-refractivity contribution is 7.84. The molecule has 0 aliphatic carbocycles. The summed E-state index contributed by atoms with van der Waals surface area (Å²) in [6.45, 7) is 17.9. The summed E-state index contributed by atoms with van der Waals surface area (Å²) in [6, 6.07) is 3.90. The van der Waals surface area contributed by atoms with Crippen LogP contribution >= 0.6 is 0 Å². The highest BCUT2D eigenvalue weighted by Crippen LogP contribution is 2.40. The first kappa shape index (κ1) is 61.2. The summed E-state index contributed by atoms with van der Waals surface area (Å²) < 4.78 is 85.5. The lowest BCUT2D eigenvalue weighted by Crippen LogP contribution is -2.59.